The summed E-state index contributed by atoms with van der Waals surface area (Å²) in [4.78, 5) is 37.0. The van der Waals surface area contributed by atoms with E-state index in [4.69, 9.17) is 21.7 Å². The maximum Gasteiger partial charge on any atom is 0.432 e. The van der Waals surface area contributed by atoms with Gasteiger partial charge in [-0.25, -0.2) is 9.78 Å². The van der Waals surface area contributed by atoms with Crippen molar-refractivity contribution in [2.45, 2.75) is 45.0 Å². The molecule has 2 amide bonds. The zero-order valence-corrected chi connectivity index (χ0v) is 24.9. The Bertz CT molecular complexity index is 1800. The number of nitrogens with zero attached hydrogens (tertiary/aromatic N) is 6. The molecule has 1 saturated heterocycles. The van der Waals surface area contributed by atoms with E-state index in [1.165, 1.54) is 35.8 Å². The number of benzene rings is 1. The second-order valence-electron chi connectivity index (χ2n) is 10.9. The van der Waals surface area contributed by atoms with Crippen LogP contribution in [-0.2, 0) is 9.53 Å². The van der Waals surface area contributed by atoms with Gasteiger partial charge in [0.15, 0.2) is 5.82 Å². The molecule has 16 heteroatoms. The van der Waals surface area contributed by atoms with Crippen molar-refractivity contribution in [1.29, 1.82) is 5.41 Å². The SMILES string of the molecule is CC(C)(C)OC(=O)N1CCC1c1ncc(N/C(=C(\C=N)C(=O)Nc2cnc(-n3nccn3)c(Cl)c2)C(F)(F)F)c2ccccc12. The lowest BCUT2D eigenvalue weighted by atomic mass is 9.95. The summed E-state index contributed by atoms with van der Waals surface area (Å²) in [5.74, 6) is -1.09. The molecule has 0 bridgehead atoms. The van der Waals surface area contributed by atoms with Gasteiger partial charge in [0, 0.05) is 23.5 Å². The first-order chi connectivity index (χ1) is 21.3. The van der Waals surface area contributed by atoms with Crippen LogP contribution in [0.15, 0.2) is 66.4 Å². The lowest BCUT2D eigenvalue weighted by molar-refractivity contribution is -0.114. The Balaban J connectivity index is 1.46. The van der Waals surface area contributed by atoms with E-state index in [0.29, 0.717) is 35.6 Å². The average molecular weight is 642 g/mol. The molecule has 234 valence electrons. The number of ether oxygens (including phenoxy) is 1. The molecule has 4 aromatic rings. The molecular formula is C29H27ClF3N9O3. The van der Waals surface area contributed by atoms with Gasteiger partial charge >= 0.3 is 12.3 Å². The second kappa shape index (κ2) is 12.1. The number of amides is 2. The highest BCUT2D eigenvalue weighted by molar-refractivity contribution is 6.32. The third kappa shape index (κ3) is 6.72. The van der Waals surface area contributed by atoms with E-state index in [-0.39, 0.29) is 22.2 Å². The van der Waals surface area contributed by atoms with Crippen molar-refractivity contribution in [2.24, 2.45) is 0 Å². The van der Waals surface area contributed by atoms with Crippen molar-refractivity contribution in [3.8, 4) is 5.82 Å². The summed E-state index contributed by atoms with van der Waals surface area (Å²) in [7, 11) is 0. The Labute approximate surface area is 259 Å². The molecule has 1 aliphatic rings. The van der Waals surface area contributed by atoms with Crippen LogP contribution in [0, 0.1) is 5.41 Å². The normalized spacial score (nSPS) is 15.6. The molecule has 1 aromatic carbocycles. The third-order valence-corrected chi connectivity index (χ3v) is 6.96. The molecular weight excluding hydrogens is 615 g/mol. The summed E-state index contributed by atoms with van der Waals surface area (Å²) in [6.07, 6.45) is 0.489. The summed E-state index contributed by atoms with van der Waals surface area (Å²) < 4.78 is 48.8. The highest BCUT2D eigenvalue weighted by atomic mass is 35.5. The summed E-state index contributed by atoms with van der Waals surface area (Å²) in [6, 6.07) is 7.47. The van der Waals surface area contributed by atoms with E-state index < -0.39 is 41.1 Å². The molecule has 45 heavy (non-hydrogen) atoms. The molecule has 1 atom stereocenters. The van der Waals surface area contributed by atoms with Crippen molar-refractivity contribution in [2.75, 3.05) is 17.2 Å². The molecule has 5 rings (SSSR count). The van der Waals surface area contributed by atoms with Crippen molar-refractivity contribution in [3.63, 3.8) is 0 Å². The summed E-state index contributed by atoms with van der Waals surface area (Å²) in [5, 5.41) is 21.0. The van der Waals surface area contributed by atoms with Gasteiger partial charge in [-0.15, -0.1) is 4.80 Å². The summed E-state index contributed by atoms with van der Waals surface area (Å²) in [6.45, 7) is 5.71. The fourth-order valence-electron chi connectivity index (χ4n) is 4.64. The molecule has 0 aliphatic carbocycles. The molecule has 0 spiro atoms. The van der Waals surface area contributed by atoms with E-state index in [0.717, 1.165) is 4.80 Å². The van der Waals surface area contributed by atoms with Gasteiger partial charge in [0.1, 0.15) is 11.3 Å². The van der Waals surface area contributed by atoms with Crippen molar-refractivity contribution < 1.29 is 27.5 Å². The fourth-order valence-corrected chi connectivity index (χ4v) is 4.88. The minimum atomic E-state index is -5.07. The monoisotopic (exact) mass is 641 g/mol. The zero-order chi connectivity index (χ0) is 32.5. The van der Waals surface area contributed by atoms with Crippen LogP contribution in [0.3, 0.4) is 0 Å². The molecule has 1 aliphatic heterocycles. The van der Waals surface area contributed by atoms with Crippen LogP contribution in [0.4, 0.5) is 29.3 Å². The number of fused-ring (bicyclic) bond motifs is 1. The minimum Gasteiger partial charge on any atom is -0.444 e. The predicted molar refractivity (Wildman–Crippen MR) is 160 cm³/mol. The molecule has 3 N–H and O–H groups in total. The number of carbonyl (C=O) groups excluding carboxylic acids is 2. The first-order valence-electron chi connectivity index (χ1n) is 13.6. The van der Waals surface area contributed by atoms with Gasteiger partial charge < -0.3 is 20.8 Å². The number of halogens is 4. The van der Waals surface area contributed by atoms with Crippen molar-refractivity contribution >= 4 is 52.0 Å². The largest absolute Gasteiger partial charge is 0.444 e. The van der Waals surface area contributed by atoms with Gasteiger partial charge in [-0.2, -0.15) is 23.4 Å². The van der Waals surface area contributed by atoms with Gasteiger partial charge in [-0.3, -0.25) is 14.7 Å². The van der Waals surface area contributed by atoms with E-state index in [2.05, 4.69) is 30.8 Å². The van der Waals surface area contributed by atoms with Crippen LogP contribution in [0.25, 0.3) is 16.6 Å². The first-order valence-corrected chi connectivity index (χ1v) is 13.9. The number of nitrogens with one attached hydrogen (secondary N) is 3. The van der Waals surface area contributed by atoms with Crippen molar-refractivity contribution in [3.05, 3.63) is 77.1 Å². The smallest absolute Gasteiger partial charge is 0.432 e. The number of allylic oxidation sites excluding steroid dienone is 1. The Morgan fingerprint density at radius 1 is 1.07 bits per heavy atom. The Morgan fingerprint density at radius 2 is 1.76 bits per heavy atom. The first kappa shape index (κ1) is 31.4. The van der Waals surface area contributed by atoms with Gasteiger partial charge in [0.2, 0.25) is 0 Å². The number of carbonyl (C=O) groups is 2. The van der Waals surface area contributed by atoms with Crippen LogP contribution in [0.2, 0.25) is 5.02 Å². The Morgan fingerprint density at radius 3 is 2.33 bits per heavy atom. The van der Waals surface area contributed by atoms with Crippen LogP contribution in [-0.4, -0.2) is 66.4 Å². The van der Waals surface area contributed by atoms with Crippen LogP contribution in [0.5, 0.6) is 0 Å². The fraction of sp³-hybridized carbons (Fsp3) is 0.276. The number of hydrogen-bond acceptors (Lipinski definition) is 9. The highest BCUT2D eigenvalue weighted by Crippen LogP contribution is 2.40. The number of likely N-dealkylation sites (tertiary alicyclic amines) is 1. The highest BCUT2D eigenvalue weighted by Gasteiger charge is 2.40. The van der Waals surface area contributed by atoms with Crippen molar-refractivity contribution in [1.82, 2.24) is 29.9 Å². The third-order valence-electron chi connectivity index (χ3n) is 6.68. The predicted octanol–water partition coefficient (Wildman–Crippen LogP) is 6.06. The van der Waals surface area contributed by atoms with Crippen LogP contribution in [0.1, 0.15) is 38.9 Å². The maximum atomic E-state index is 14.4. The molecule has 0 saturated carbocycles. The topological polar surface area (TPSA) is 151 Å². The molecule has 12 nitrogen and oxygen atoms in total. The standard InChI is InChI=1S/C29H27ClF3N9O3/c1-28(2,3)45-27(44)41-11-8-22(41)23-18-7-5-4-6-17(18)21(15-35-23)40-24(29(31,32)33)19(13-34)26(43)39-16-12-20(30)25(36-14-16)42-37-9-10-38-42/h4-7,9-10,12-15,22,34,40H,8,11H2,1-3H3,(H,39,43)/b24-19+,34-13?. The van der Waals surface area contributed by atoms with Gasteiger partial charge in [0.25, 0.3) is 5.91 Å². The van der Waals surface area contributed by atoms with E-state index >= 15 is 0 Å². The lowest BCUT2D eigenvalue weighted by Gasteiger charge is -2.41. The summed E-state index contributed by atoms with van der Waals surface area (Å²) >= 11 is 6.22. The number of alkyl halides is 3. The second-order valence-corrected chi connectivity index (χ2v) is 11.3. The zero-order valence-electron chi connectivity index (χ0n) is 24.2. The molecule has 1 unspecified atom stereocenters. The Kier molecular flexibility index (Phi) is 8.47. The van der Waals surface area contributed by atoms with Crippen LogP contribution >= 0.6 is 11.6 Å². The van der Waals surface area contributed by atoms with E-state index in [1.807, 2.05) is 0 Å². The minimum absolute atomic E-state index is 0.0201. The number of anilines is 2. The number of aromatic nitrogens is 5. The maximum absolute atomic E-state index is 14.4. The van der Waals surface area contributed by atoms with Gasteiger partial charge in [-0.05, 0) is 33.3 Å². The van der Waals surface area contributed by atoms with Crippen LogP contribution < -0.4 is 10.6 Å². The molecule has 1 fully saturated rings. The lowest BCUT2D eigenvalue weighted by Crippen LogP contribution is -2.47. The quantitative estimate of drug-likeness (QED) is 0.163. The van der Waals surface area contributed by atoms with Gasteiger partial charge in [0.05, 0.1) is 58.5 Å². The average Bonchev–Trinajstić information content (AvgIpc) is 3.46. The number of rotatable bonds is 7. The van der Waals surface area contributed by atoms with Gasteiger partial charge in [-0.1, -0.05) is 35.9 Å². The Hall–Kier alpha value is -5.05. The molecule has 3 aromatic heterocycles. The summed E-state index contributed by atoms with van der Waals surface area (Å²) in [5.41, 5.74) is -2.77. The van der Waals surface area contributed by atoms with E-state index in [9.17, 15) is 22.8 Å². The molecule has 0 radical (unpaired) electrons. The molecule has 4 heterocycles. The number of hydrogen-bond donors (Lipinski definition) is 3. The van der Waals surface area contributed by atoms with E-state index in [1.54, 1.807) is 45.0 Å². The number of pyridine rings is 2.